The minimum absolute atomic E-state index is 0.0307. The molecule has 0 fully saturated rings. The average Bonchev–Trinajstić information content (AvgIpc) is 2.56. The van der Waals surface area contributed by atoms with E-state index in [1.165, 1.54) is 5.56 Å². The zero-order valence-corrected chi connectivity index (χ0v) is 13.7. The molecule has 0 atom stereocenters. The predicted octanol–water partition coefficient (Wildman–Crippen LogP) is 3.40. The van der Waals surface area contributed by atoms with Gasteiger partial charge in [0.05, 0.1) is 23.8 Å². The van der Waals surface area contributed by atoms with Crippen molar-refractivity contribution in [3.63, 3.8) is 0 Å². The fourth-order valence-electron chi connectivity index (χ4n) is 2.66. The topological polar surface area (TPSA) is 44.1 Å². The van der Waals surface area contributed by atoms with E-state index in [-0.39, 0.29) is 5.56 Å². The highest BCUT2D eigenvalue weighted by molar-refractivity contribution is 5.76. The van der Waals surface area contributed by atoms with E-state index < -0.39 is 0 Å². The fraction of sp³-hybridized carbons (Fsp3) is 0.263. The molecule has 0 saturated heterocycles. The smallest absolute Gasteiger partial charge is 0.261 e. The lowest BCUT2D eigenvalue weighted by molar-refractivity contribution is 0.292. The summed E-state index contributed by atoms with van der Waals surface area (Å²) in [6.07, 6.45) is 1.59. The van der Waals surface area contributed by atoms with Crippen molar-refractivity contribution in [2.24, 2.45) is 0 Å². The van der Waals surface area contributed by atoms with Gasteiger partial charge in [-0.1, -0.05) is 24.3 Å². The van der Waals surface area contributed by atoms with Crippen molar-refractivity contribution in [3.8, 4) is 5.75 Å². The van der Waals surface area contributed by atoms with E-state index in [4.69, 9.17) is 4.74 Å². The Morgan fingerprint density at radius 3 is 2.61 bits per heavy atom. The Kier molecular flexibility index (Phi) is 4.15. The number of ether oxygens (including phenoxy) is 1. The second-order valence-electron chi connectivity index (χ2n) is 5.76. The van der Waals surface area contributed by atoms with Crippen molar-refractivity contribution in [2.45, 2.75) is 27.3 Å². The Balaban J connectivity index is 1.79. The molecule has 1 aromatic heterocycles. The molecule has 4 heteroatoms. The first kappa shape index (κ1) is 15.3. The molecular formula is C19H20N2O2. The third-order valence-electron chi connectivity index (χ3n) is 4.18. The van der Waals surface area contributed by atoms with Gasteiger partial charge in [-0.2, -0.15) is 0 Å². The molecule has 0 saturated carbocycles. The fourth-order valence-corrected chi connectivity index (χ4v) is 2.66. The Hall–Kier alpha value is -2.62. The second-order valence-corrected chi connectivity index (χ2v) is 5.76. The first-order chi connectivity index (χ1) is 11.1. The van der Waals surface area contributed by atoms with E-state index in [0.717, 1.165) is 22.4 Å². The molecule has 118 valence electrons. The maximum absolute atomic E-state index is 12.4. The van der Waals surface area contributed by atoms with Gasteiger partial charge in [0, 0.05) is 0 Å². The Morgan fingerprint density at radius 1 is 1.04 bits per heavy atom. The summed E-state index contributed by atoms with van der Waals surface area (Å²) in [5.74, 6) is 0.909. The van der Waals surface area contributed by atoms with E-state index in [9.17, 15) is 4.79 Å². The minimum atomic E-state index is -0.0307. The Morgan fingerprint density at radius 2 is 1.78 bits per heavy atom. The van der Waals surface area contributed by atoms with E-state index in [1.807, 2.05) is 25.1 Å². The zero-order chi connectivity index (χ0) is 16.4. The Bertz CT molecular complexity index is 913. The maximum Gasteiger partial charge on any atom is 0.261 e. The van der Waals surface area contributed by atoms with E-state index in [2.05, 4.69) is 31.0 Å². The highest BCUT2D eigenvalue weighted by atomic mass is 16.5. The normalized spacial score (nSPS) is 10.9. The van der Waals surface area contributed by atoms with Crippen molar-refractivity contribution in [1.82, 2.24) is 9.55 Å². The van der Waals surface area contributed by atoms with Crippen molar-refractivity contribution in [1.29, 1.82) is 0 Å². The van der Waals surface area contributed by atoms with Crippen LogP contribution in [0, 0.1) is 20.8 Å². The maximum atomic E-state index is 12.4. The van der Waals surface area contributed by atoms with Gasteiger partial charge in [-0.05, 0) is 49.6 Å². The number of hydrogen-bond donors (Lipinski definition) is 0. The van der Waals surface area contributed by atoms with Crippen LogP contribution in [-0.4, -0.2) is 16.2 Å². The number of nitrogens with zero attached hydrogens (tertiary/aromatic N) is 2. The van der Waals surface area contributed by atoms with Crippen LogP contribution in [0.2, 0.25) is 0 Å². The molecule has 1 heterocycles. The number of rotatable bonds is 4. The van der Waals surface area contributed by atoms with E-state index in [1.54, 1.807) is 17.0 Å². The molecule has 0 bridgehead atoms. The van der Waals surface area contributed by atoms with Crippen LogP contribution in [-0.2, 0) is 6.54 Å². The minimum Gasteiger partial charge on any atom is -0.491 e. The molecule has 3 aromatic rings. The third kappa shape index (κ3) is 2.97. The van der Waals surface area contributed by atoms with Gasteiger partial charge in [-0.25, -0.2) is 4.98 Å². The van der Waals surface area contributed by atoms with Crippen LogP contribution in [0.5, 0.6) is 5.75 Å². The summed E-state index contributed by atoms with van der Waals surface area (Å²) in [6, 6.07) is 11.5. The lowest BCUT2D eigenvalue weighted by Crippen LogP contribution is -2.23. The molecule has 2 aromatic carbocycles. The van der Waals surface area contributed by atoms with Gasteiger partial charge in [0.15, 0.2) is 0 Å². The van der Waals surface area contributed by atoms with Gasteiger partial charge in [0.2, 0.25) is 0 Å². The van der Waals surface area contributed by atoms with Crippen molar-refractivity contribution in [2.75, 3.05) is 6.61 Å². The summed E-state index contributed by atoms with van der Waals surface area (Å²) >= 11 is 0. The van der Waals surface area contributed by atoms with Crippen molar-refractivity contribution in [3.05, 3.63) is 69.8 Å². The summed E-state index contributed by atoms with van der Waals surface area (Å²) in [5.41, 5.74) is 4.15. The Labute approximate surface area is 135 Å². The predicted molar refractivity (Wildman–Crippen MR) is 92.2 cm³/mol. The molecule has 4 nitrogen and oxygen atoms in total. The summed E-state index contributed by atoms with van der Waals surface area (Å²) in [7, 11) is 0. The van der Waals surface area contributed by atoms with Crippen LogP contribution >= 0.6 is 0 Å². The van der Waals surface area contributed by atoms with Gasteiger partial charge in [0.25, 0.3) is 5.56 Å². The number of benzene rings is 2. The van der Waals surface area contributed by atoms with E-state index >= 15 is 0 Å². The highest BCUT2D eigenvalue weighted by Crippen LogP contribution is 2.25. The van der Waals surface area contributed by atoms with Crippen LogP contribution in [0.1, 0.15) is 16.7 Å². The van der Waals surface area contributed by atoms with Gasteiger partial charge < -0.3 is 4.74 Å². The van der Waals surface area contributed by atoms with Crippen LogP contribution in [0.15, 0.2) is 47.5 Å². The van der Waals surface area contributed by atoms with Gasteiger partial charge in [-0.3, -0.25) is 9.36 Å². The van der Waals surface area contributed by atoms with Gasteiger partial charge >= 0.3 is 0 Å². The number of fused-ring (bicyclic) bond motifs is 1. The SMILES string of the molecule is Cc1ccc(C)c(OCCn2cnc3ccccc3c2=O)c1C. The van der Waals surface area contributed by atoms with Crippen LogP contribution in [0.25, 0.3) is 10.9 Å². The number of hydrogen-bond acceptors (Lipinski definition) is 3. The monoisotopic (exact) mass is 308 g/mol. The average molecular weight is 308 g/mol. The second kappa shape index (κ2) is 6.24. The quantitative estimate of drug-likeness (QED) is 0.742. The molecule has 0 N–H and O–H groups in total. The largest absolute Gasteiger partial charge is 0.491 e. The number of aryl methyl sites for hydroxylation is 2. The molecule has 0 amide bonds. The third-order valence-corrected chi connectivity index (χ3v) is 4.18. The van der Waals surface area contributed by atoms with Crippen molar-refractivity contribution < 1.29 is 4.74 Å². The molecule has 0 aliphatic carbocycles. The molecule has 3 rings (SSSR count). The van der Waals surface area contributed by atoms with Gasteiger partial charge in [-0.15, -0.1) is 0 Å². The highest BCUT2D eigenvalue weighted by Gasteiger charge is 2.07. The lowest BCUT2D eigenvalue weighted by atomic mass is 10.1. The standard InChI is InChI=1S/C19H20N2O2/c1-13-8-9-14(2)18(15(13)3)23-11-10-21-12-20-17-7-5-4-6-16(17)19(21)22/h4-9,12H,10-11H2,1-3H3. The molecule has 23 heavy (non-hydrogen) atoms. The summed E-state index contributed by atoms with van der Waals surface area (Å²) in [6.45, 7) is 7.07. The summed E-state index contributed by atoms with van der Waals surface area (Å²) < 4.78 is 7.53. The molecule has 0 spiro atoms. The van der Waals surface area contributed by atoms with Crippen LogP contribution in [0.4, 0.5) is 0 Å². The first-order valence-electron chi connectivity index (χ1n) is 7.71. The van der Waals surface area contributed by atoms with Crippen LogP contribution in [0.3, 0.4) is 0 Å². The van der Waals surface area contributed by atoms with E-state index in [0.29, 0.717) is 18.5 Å². The number of aromatic nitrogens is 2. The van der Waals surface area contributed by atoms with Crippen LogP contribution < -0.4 is 10.3 Å². The van der Waals surface area contributed by atoms with Crippen molar-refractivity contribution >= 4 is 10.9 Å². The van der Waals surface area contributed by atoms with Gasteiger partial charge in [0.1, 0.15) is 12.4 Å². The number of para-hydroxylation sites is 1. The first-order valence-corrected chi connectivity index (χ1v) is 7.71. The molecule has 0 radical (unpaired) electrons. The summed E-state index contributed by atoms with van der Waals surface area (Å²) in [4.78, 5) is 16.8. The molecular weight excluding hydrogens is 288 g/mol. The zero-order valence-electron chi connectivity index (χ0n) is 13.7. The molecule has 0 aliphatic rings. The molecule has 0 aliphatic heterocycles. The summed E-state index contributed by atoms with van der Waals surface area (Å²) in [5, 5.41) is 0.637. The molecule has 0 unspecified atom stereocenters. The lowest BCUT2D eigenvalue weighted by Gasteiger charge is -2.14.